The first-order valence-corrected chi connectivity index (χ1v) is 2.90. The Morgan fingerprint density at radius 3 is 2.00 bits per heavy atom. The minimum Gasteiger partial charge on any atom is -0.387 e. The van der Waals surface area contributed by atoms with E-state index in [1.165, 1.54) is 0 Å². The molecule has 0 amide bonds. The van der Waals surface area contributed by atoms with E-state index in [9.17, 15) is 5.11 Å². The smallest absolute Gasteiger partial charge is 0.0907 e. The normalized spacial score (nSPS) is 19.8. The summed E-state index contributed by atoms with van der Waals surface area (Å²) >= 11 is 0. The number of aliphatic hydroxyl groups is 1. The van der Waals surface area contributed by atoms with Gasteiger partial charge < -0.3 is 16.2 Å². The van der Waals surface area contributed by atoms with Crippen LogP contribution in [0.25, 0.3) is 0 Å². The maximum absolute atomic E-state index is 9.27. The second kappa shape index (κ2) is 5.16. The van der Waals surface area contributed by atoms with E-state index >= 15 is 0 Å². The molecule has 5 heteroatoms. The standard InChI is InChI=1S/C5H12N2O.2ClH/c6-2-1-5(8)3-7-4-5;;/h7-8H,1-4,6H2;2*1H. The van der Waals surface area contributed by atoms with Crippen molar-refractivity contribution in [2.45, 2.75) is 12.0 Å². The lowest BCUT2D eigenvalue weighted by atomic mass is 9.93. The highest BCUT2D eigenvalue weighted by molar-refractivity contribution is 5.85. The van der Waals surface area contributed by atoms with Crippen molar-refractivity contribution in [2.24, 2.45) is 5.73 Å². The molecule has 1 aliphatic heterocycles. The second-order valence-corrected chi connectivity index (χ2v) is 2.37. The molecule has 1 aliphatic rings. The van der Waals surface area contributed by atoms with E-state index < -0.39 is 5.60 Å². The summed E-state index contributed by atoms with van der Waals surface area (Å²) in [5, 5.41) is 12.2. The predicted octanol–water partition coefficient (Wildman–Crippen LogP) is -0.487. The predicted molar refractivity (Wildman–Crippen MR) is 46.0 cm³/mol. The van der Waals surface area contributed by atoms with E-state index in [1.54, 1.807) is 0 Å². The third-order valence-electron chi connectivity index (χ3n) is 1.52. The Morgan fingerprint density at radius 2 is 1.90 bits per heavy atom. The summed E-state index contributed by atoms with van der Waals surface area (Å²) in [7, 11) is 0. The Morgan fingerprint density at radius 1 is 1.40 bits per heavy atom. The molecular formula is C5H14Cl2N2O. The molecule has 1 rings (SSSR count). The van der Waals surface area contributed by atoms with Crippen LogP contribution < -0.4 is 11.1 Å². The third kappa shape index (κ3) is 3.03. The average molecular weight is 189 g/mol. The summed E-state index contributed by atoms with van der Waals surface area (Å²) in [4.78, 5) is 0. The van der Waals surface area contributed by atoms with Gasteiger partial charge in [0.2, 0.25) is 0 Å². The van der Waals surface area contributed by atoms with Crippen molar-refractivity contribution in [3.8, 4) is 0 Å². The summed E-state index contributed by atoms with van der Waals surface area (Å²) in [6.45, 7) is 2.01. The lowest BCUT2D eigenvalue weighted by Gasteiger charge is -2.37. The van der Waals surface area contributed by atoms with Crippen LogP contribution in [0.1, 0.15) is 6.42 Å². The van der Waals surface area contributed by atoms with Gasteiger partial charge in [0, 0.05) is 13.1 Å². The molecule has 0 aliphatic carbocycles. The van der Waals surface area contributed by atoms with E-state index in [4.69, 9.17) is 5.73 Å². The van der Waals surface area contributed by atoms with Crippen molar-refractivity contribution in [1.82, 2.24) is 5.32 Å². The van der Waals surface area contributed by atoms with Gasteiger partial charge in [0.15, 0.2) is 0 Å². The fraction of sp³-hybridized carbons (Fsp3) is 1.00. The van der Waals surface area contributed by atoms with Gasteiger partial charge in [0.1, 0.15) is 0 Å². The van der Waals surface area contributed by atoms with E-state index in [0.717, 1.165) is 6.42 Å². The van der Waals surface area contributed by atoms with Crippen molar-refractivity contribution in [2.75, 3.05) is 19.6 Å². The van der Waals surface area contributed by atoms with E-state index in [1.807, 2.05) is 0 Å². The van der Waals surface area contributed by atoms with Crippen LogP contribution in [0.15, 0.2) is 0 Å². The van der Waals surface area contributed by atoms with Crippen molar-refractivity contribution in [3.05, 3.63) is 0 Å². The maximum atomic E-state index is 9.27. The summed E-state index contributed by atoms with van der Waals surface area (Å²) in [5.41, 5.74) is 4.77. The molecule has 4 N–H and O–H groups in total. The van der Waals surface area contributed by atoms with E-state index in [0.29, 0.717) is 19.6 Å². The van der Waals surface area contributed by atoms with Gasteiger partial charge in [-0.2, -0.15) is 0 Å². The van der Waals surface area contributed by atoms with Crippen LogP contribution in [0.3, 0.4) is 0 Å². The Balaban J connectivity index is 0. The fourth-order valence-corrected chi connectivity index (χ4v) is 0.859. The Kier molecular flexibility index (Phi) is 6.74. The van der Waals surface area contributed by atoms with Crippen molar-refractivity contribution < 1.29 is 5.11 Å². The van der Waals surface area contributed by atoms with Crippen molar-refractivity contribution in [3.63, 3.8) is 0 Å². The zero-order chi connectivity index (χ0) is 6.04. The highest BCUT2D eigenvalue weighted by Gasteiger charge is 2.32. The van der Waals surface area contributed by atoms with Gasteiger partial charge in [0.25, 0.3) is 0 Å². The maximum Gasteiger partial charge on any atom is 0.0907 e. The lowest BCUT2D eigenvalue weighted by Crippen LogP contribution is -2.60. The van der Waals surface area contributed by atoms with Crippen LogP contribution in [-0.2, 0) is 0 Å². The molecule has 1 fully saturated rings. The molecule has 10 heavy (non-hydrogen) atoms. The second-order valence-electron chi connectivity index (χ2n) is 2.37. The van der Waals surface area contributed by atoms with E-state index in [-0.39, 0.29) is 24.8 Å². The summed E-state index contributed by atoms with van der Waals surface area (Å²) < 4.78 is 0. The number of β-amino-alcohol motifs (C(OH)–C–C–N with tert-alkyl or cyclic N) is 1. The molecule has 0 unspecified atom stereocenters. The zero-order valence-electron chi connectivity index (χ0n) is 5.67. The summed E-state index contributed by atoms with van der Waals surface area (Å²) in [5.74, 6) is 0. The number of rotatable bonds is 2. The Labute approximate surface area is 73.2 Å². The molecule has 0 bridgehead atoms. The first kappa shape index (κ1) is 13.1. The molecule has 0 spiro atoms. The van der Waals surface area contributed by atoms with Gasteiger partial charge >= 0.3 is 0 Å². The molecule has 0 aromatic heterocycles. The summed E-state index contributed by atoms with van der Waals surface area (Å²) in [6, 6.07) is 0. The van der Waals surface area contributed by atoms with Crippen LogP contribution in [0.5, 0.6) is 0 Å². The molecule has 1 saturated heterocycles. The monoisotopic (exact) mass is 188 g/mol. The number of hydrogen-bond acceptors (Lipinski definition) is 3. The van der Waals surface area contributed by atoms with Crippen LogP contribution in [0.2, 0.25) is 0 Å². The van der Waals surface area contributed by atoms with Gasteiger partial charge in [-0.3, -0.25) is 0 Å². The van der Waals surface area contributed by atoms with E-state index in [2.05, 4.69) is 5.32 Å². The molecular weight excluding hydrogens is 175 g/mol. The quantitative estimate of drug-likeness (QED) is 0.549. The molecule has 1 heterocycles. The first-order valence-electron chi connectivity index (χ1n) is 2.90. The molecule has 0 saturated carbocycles. The number of hydrogen-bond donors (Lipinski definition) is 3. The van der Waals surface area contributed by atoms with Crippen LogP contribution >= 0.6 is 24.8 Å². The molecule has 0 radical (unpaired) electrons. The Hall–Kier alpha value is 0.460. The van der Waals surface area contributed by atoms with Crippen LogP contribution in [0.4, 0.5) is 0 Å². The van der Waals surface area contributed by atoms with Gasteiger partial charge in [-0.05, 0) is 13.0 Å². The zero-order valence-corrected chi connectivity index (χ0v) is 7.30. The van der Waals surface area contributed by atoms with Gasteiger partial charge in [-0.15, -0.1) is 24.8 Å². The molecule has 0 aromatic rings. The van der Waals surface area contributed by atoms with Gasteiger partial charge in [-0.1, -0.05) is 0 Å². The Bertz CT molecular complexity index is 87.7. The number of nitrogens with two attached hydrogens (primary N) is 1. The lowest BCUT2D eigenvalue weighted by molar-refractivity contribution is -0.0148. The number of halogens is 2. The minimum absolute atomic E-state index is 0. The molecule has 3 nitrogen and oxygen atoms in total. The van der Waals surface area contributed by atoms with Crippen molar-refractivity contribution in [1.29, 1.82) is 0 Å². The topological polar surface area (TPSA) is 58.3 Å². The minimum atomic E-state index is -0.464. The third-order valence-corrected chi connectivity index (χ3v) is 1.52. The largest absolute Gasteiger partial charge is 0.387 e. The van der Waals surface area contributed by atoms with Gasteiger partial charge in [-0.25, -0.2) is 0 Å². The number of nitrogens with one attached hydrogen (secondary N) is 1. The van der Waals surface area contributed by atoms with Crippen LogP contribution in [0, 0.1) is 0 Å². The van der Waals surface area contributed by atoms with Crippen molar-refractivity contribution >= 4 is 24.8 Å². The highest BCUT2D eigenvalue weighted by Crippen LogP contribution is 2.12. The molecule has 64 valence electrons. The SMILES string of the molecule is Cl.Cl.NCCC1(O)CNC1. The molecule has 0 atom stereocenters. The molecule has 0 aromatic carbocycles. The average Bonchev–Trinajstić information content (AvgIpc) is 1.64. The van der Waals surface area contributed by atoms with Gasteiger partial charge in [0.05, 0.1) is 5.60 Å². The first-order chi connectivity index (χ1) is 3.77. The highest BCUT2D eigenvalue weighted by atomic mass is 35.5. The summed E-state index contributed by atoms with van der Waals surface area (Å²) in [6.07, 6.45) is 0.722. The van der Waals surface area contributed by atoms with Crippen LogP contribution in [-0.4, -0.2) is 30.3 Å². The fourth-order valence-electron chi connectivity index (χ4n) is 0.859.